The Kier molecular flexibility index (Phi) is 5.62. The molecule has 1 aliphatic rings. The van der Waals surface area contributed by atoms with Gasteiger partial charge in [0.1, 0.15) is 11.8 Å². The molecule has 1 aliphatic heterocycles. The fourth-order valence-electron chi connectivity index (χ4n) is 3.61. The van der Waals surface area contributed by atoms with Crippen LogP contribution in [0.25, 0.3) is 5.69 Å². The van der Waals surface area contributed by atoms with Crippen LogP contribution in [-0.4, -0.2) is 42.6 Å². The molecule has 0 saturated heterocycles. The Morgan fingerprint density at radius 1 is 1.22 bits per heavy atom. The Morgan fingerprint density at radius 3 is 2.91 bits per heavy atom. The molecular formula is C22H20N6O2S2. The van der Waals surface area contributed by atoms with Gasteiger partial charge < -0.3 is 4.42 Å². The molecule has 0 saturated carbocycles. The molecule has 32 heavy (non-hydrogen) atoms. The van der Waals surface area contributed by atoms with Crippen molar-refractivity contribution in [2.45, 2.75) is 31.5 Å². The van der Waals surface area contributed by atoms with E-state index in [9.17, 15) is 4.79 Å². The number of benzene rings is 1. The molecule has 1 amide bonds. The summed E-state index contributed by atoms with van der Waals surface area (Å²) in [6.45, 7) is 4.08. The van der Waals surface area contributed by atoms with Gasteiger partial charge in [0.25, 0.3) is 5.91 Å². The van der Waals surface area contributed by atoms with Gasteiger partial charge in [-0.1, -0.05) is 30.0 Å². The molecule has 4 heterocycles. The van der Waals surface area contributed by atoms with E-state index in [1.807, 2.05) is 61.7 Å². The first-order chi connectivity index (χ1) is 15.6. The number of carbonyl (C=O) groups is 1. The number of furan rings is 1. The van der Waals surface area contributed by atoms with Gasteiger partial charge in [0.05, 0.1) is 28.3 Å². The molecule has 162 valence electrons. The predicted molar refractivity (Wildman–Crippen MR) is 123 cm³/mol. The fourth-order valence-corrected chi connectivity index (χ4v) is 5.07. The predicted octanol–water partition coefficient (Wildman–Crippen LogP) is 4.40. The Bertz CT molecular complexity index is 1260. The maximum Gasteiger partial charge on any atom is 0.253 e. The van der Waals surface area contributed by atoms with Gasteiger partial charge >= 0.3 is 0 Å². The highest BCUT2D eigenvalue weighted by Crippen LogP contribution is 2.35. The van der Waals surface area contributed by atoms with Gasteiger partial charge in [-0.05, 0) is 65.0 Å². The summed E-state index contributed by atoms with van der Waals surface area (Å²) in [5.74, 6) is 0.751. The second-order valence-electron chi connectivity index (χ2n) is 7.38. The minimum atomic E-state index is -0.259. The average Bonchev–Trinajstić information content (AvgIpc) is 3.60. The van der Waals surface area contributed by atoms with Crippen LogP contribution in [0.3, 0.4) is 0 Å². The molecule has 0 spiro atoms. The van der Waals surface area contributed by atoms with E-state index in [2.05, 4.69) is 20.6 Å². The van der Waals surface area contributed by atoms with E-state index < -0.39 is 0 Å². The molecule has 3 aromatic heterocycles. The van der Waals surface area contributed by atoms with Crippen LogP contribution in [0.2, 0.25) is 0 Å². The number of tetrazole rings is 1. The molecular weight excluding hydrogens is 444 g/mol. The zero-order valence-electron chi connectivity index (χ0n) is 17.5. The third-order valence-electron chi connectivity index (χ3n) is 5.41. The summed E-state index contributed by atoms with van der Waals surface area (Å²) >= 11 is 2.91. The highest BCUT2D eigenvalue weighted by atomic mass is 32.2. The van der Waals surface area contributed by atoms with Gasteiger partial charge in [-0.2, -0.15) is 9.78 Å². The summed E-state index contributed by atoms with van der Waals surface area (Å²) in [5.41, 5.74) is 4.03. The van der Waals surface area contributed by atoms with Crippen molar-refractivity contribution in [1.29, 1.82) is 0 Å². The highest BCUT2D eigenvalue weighted by molar-refractivity contribution is 7.99. The van der Waals surface area contributed by atoms with E-state index in [0.29, 0.717) is 11.6 Å². The van der Waals surface area contributed by atoms with Crippen molar-refractivity contribution in [2.24, 2.45) is 5.10 Å². The molecule has 10 heteroatoms. The van der Waals surface area contributed by atoms with E-state index >= 15 is 0 Å². The van der Waals surface area contributed by atoms with Gasteiger partial charge in [-0.3, -0.25) is 4.79 Å². The van der Waals surface area contributed by atoms with Crippen molar-refractivity contribution in [3.63, 3.8) is 0 Å². The first-order valence-electron chi connectivity index (χ1n) is 10.1. The van der Waals surface area contributed by atoms with E-state index in [0.717, 1.165) is 33.2 Å². The highest BCUT2D eigenvalue weighted by Gasteiger charge is 2.35. The van der Waals surface area contributed by atoms with Crippen LogP contribution in [-0.2, 0) is 4.79 Å². The Morgan fingerprint density at radius 2 is 2.12 bits per heavy atom. The van der Waals surface area contributed by atoms with Crippen LogP contribution in [0.4, 0.5) is 0 Å². The molecule has 0 fully saturated rings. The second kappa shape index (κ2) is 8.71. The number of hydrogen-bond donors (Lipinski definition) is 0. The quantitative estimate of drug-likeness (QED) is 0.393. The number of thioether (sulfide) groups is 1. The summed E-state index contributed by atoms with van der Waals surface area (Å²) in [4.78, 5) is 14.3. The molecule has 0 bridgehead atoms. The van der Waals surface area contributed by atoms with E-state index in [1.54, 1.807) is 22.3 Å². The minimum absolute atomic E-state index is 0.126. The molecule has 0 N–H and O–H groups in total. The van der Waals surface area contributed by atoms with E-state index in [1.165, 1.54) is 16.8 Å². The molecule has 1 unspecified atom stereocenters. The molecule has 1 aromatic carbocycles. The lowest BCUT2D eigenvalue weighted by Gasteiger charge is -2.19. The van der Waals surface area contributed by atoms with Gasteiger partial charge in [0.15, 0.2) is 0 Å². The van der Waals surface area contributed by atoms with Crippen molar-refractivity contribution < 1.29 is 9.21 Å². The smallest absolute Gasteiger partial charge is 0.253 e. The fraction of sp³-hybridized carbons (Fsp3) is 0.227. The standard InChI is InChI=1S/C22H20N6O2S2/c1-14-6-3-7-17(15(14)2)28-22(23-25-26-28)32-13-21(29)27-18(19-8-4-10-30-19)12-16(24-27)20-9-5-11-31-20/h3-11,18H,12-13H2,1-2H3. The number of hydrogen-bond acceptors (Lipinski definition) is 8. The third kappa shape index (κ3) is 3.87. The van der Waals surface area contributed by atoms with Gasteiger partial charge in [-0.25, -0.2) is 5.01 Å². The van der Waals surface area contributed by atoms with Crippen molar-refractivity contribution >= 4 is 34.7 Å². The lowest BCUT2D eigenvalue weighted by atomic mass is 10.1. The number of aromatic nitrogens is 4. The molecule has 5 rings (SSSR count). The topological polar surface area (TPSA) is 89.4 Å². The monoisotopic (exact) mass is 464 g/mol. The van der Waals surface area contributed by atoms with Gasteiger partial charge in [-0.15, -0.1) is 16.4 Å². The van der Waals surface area contributed by atoms with Crippen molar-refractivity contribution in [3.8, 4) is 5.69 Å². The number of hydrazone groups is 1. The summed E-state index contributed by atoms with van der Waals surface area (Å²) in [7, 11) is 0. The first kappa shape index (κ1) is 20.7. The van der Waals surface area contributed by atoms with E-state index in [-0.39, 0.29) is 17.7 Å². The Hall–Kier alpha value is -3.24. The van der Waals surface area contributed by atoms with Crippen LogP contribution < -0.4 is 0 Å². The zero-order valence-corrected chi connectivity index (χ0v) is 19.1. The lowest BCUT2D eigenvalue weighted by Crippen LogP contribution is -2.28. The van der Waals surface area contributed by atoms with Crippen molar-refractivity contribution in [1.82, 2.24) is 25.2 Å². The summed E-state index contributed by atoms with van der Waals surface area (Å²) < 4.78 is 7.28. The van der Waals surface area contributed by atoms with Crippen LogP contribution in [0, 0.1) is 13.8 Å². The molecule has 4 aromatic rings. The maximum absolute atomic E-state index is 13.2. The van der Waals surface area contributed by atoms with Gasteiger partial charge in [0.2, 0.25) is 5.16 Å². The normalized spacial score (nSPS) is 15.9. The first-order valence-corrected chi connectivity index (χ1v) is 11.9. The molecule has 8 nitrogen and oxygen atoms in total. The number of carbonyl (C=O) groups excluding carboxylic acids is 1. The molecule has 1 atom stereocenters. The van der Waals surface area contributed by atoms with Crippen LogP contribution >= 0.6 is 23.1 Å². The van der Waals surface area contributed by atoms with Gasteiger partial charge in [0, 0.05) is 6.42 Å². The summed E-state index contributed by atoms with van der Waals surface area (Å²) in [6, 6.07) is 13.4. The molecule has 0 radical (unpaired) electrons. The lowest BCUT2D eigenvalue weighted by molar-refractivity contribution is -0.130. The van der Waals surface area contributed by atoms with Crippen molar-refractivity contribution in [2.75, 3.05) is 5.75 Å². The zero-order chi connectivity index (χ0) is 22.1. The Labute approximate surface area is 192 Å². The van der Waals surface area contributed by atoms with E-state index in [4.69, 9.17) is 4.42 Å². The minimum Gasteiger partial charge on any atom is -0.467 e. The summed E-state index contributed by atoms with van der Waals surface area (Å²) in [6.07, 6.45) is 2.23. The second-order valence-corrected chi connectivity index (χ2v) is 9.27. The number of amides is 1. The largest absolute Gasteiger partial charge is 0.467 e. The number of nitrogens with zero attached hydrogens (tertiary/aromatic N) is 6. The number of thiophene rings is 1. The number of rotatable bonds is 6. The Balaban J connectivity index is 1.37. The van der Waals surface area contributed by atoms with Crippen LogP contribution in [0.1, 0.15) is 34.2 Å². The average molecular weight is 465 g/mol. The number of aryl methyl sites for hydroxylation is 1. The third-order valence-corrected chi connectivity index (χ3v) is 7.24. The SMILES string of the molecule is Cc1cccc(-n2nnnc2SCC(=O)N2N=C(c3cccs3)CC2c2ccco2)c1C. The summed E-state index contributed by atoms with van der Waals surface area (Å²) in [5, 5.41) is 20.8. The van der Waals surface area contributed by atoms with Crippen LogP contribution in [0.15, 0.2) is 68.8 Å². The molecule has 0 aliphatic carbocycles. The van der Waals surface area contributed by atoms with Crippen LogP contribution in [0.5, 0.6) is 0 Å². The maximum atomic E-state index is 13.2. The van der Waals surface area contributed by atoms with Crippen molar-refractivity contribution in [3.05, 3.63) is 75.9 Å².